The second-order valence-corrected chi connectivity index (χ2v) is 10.8. The zero-order chi connectivity index (χ0) is 21.6. The first-order valence-corrected chi connectivity index (χ1v) is 12.5. The van der Waals surface area contributed by atoms with Gasteiger partial charge < -0.3 is 15.2 Å². The molecule has 1 unspecified atom stereocenters. The van der Waals surface area contributed by atoms with Crippen molar-refractivity contribution in [2.24, 2.45) is 4.99 Å². The molecular weight excluding hydrogens is 414 g/mol. The Balaban J connectivity index is 1.54. The summed E-state index contributed by atoms with van der Waals surface area (Å²) in [6.07, 6.45) is 6.13. The number of hydrogen-bond donors (Lipinski definition) is 2. The summed E-state index contributed by atoms with van der Waals surface area (Å²) < 4.78 is 33.8. The molecule has 0 bridgehead atoms. The molecule has 1 aliphatic carbocycles. The zero-order valence-corrected chi connectivity index (χ0v) is 18.8. The van der Waals surface area contributed by atoms with Crippen molar-refractivity contribution in [2.75, 3.05) is 23.7 Å². The van der Waals surface area contributed by atoms with Crippen molar-refractivity contribution < 1.29 is 12.9 Å². The largest absolute Gasteiger partial charge is 0.370 e. The summed E-state index contributed by atoms with van der Waals surface area (Å²) in [6.45, 7) is 4.10. The molecule has 3 heterocycles. The Hall–Kier alpha value is -2.39. The van der Waals surface area contributed by atoms with Gasteiger partial charge in [-0.1, -0.05) is 30.1 Å². The molecule has 1 spiro atoms. The lowest BCUT2D eigenvalue weighted by molar-refractivity contribution is 0.293. The van der Waals surface area contributed by atoms with Gasteiger partial charge in [-0.3, -0.25) is 4.99 Å². The van der Waals surface area contributed by atoms with Crippen LogP contribution in [0.1, 0.15) is 50.0 Å². The normalized spacial score (nSPS) is 26.1. The quantitative estimate of drug-likeness (QED) is 0.750. The number of para-hydroxylation sites is 2. The summed E-state index contributed by atoms with van der Waals surface area (Å²) >= 11 is 0. The van der Waals surface area contributed by atoms with Crippen LogP contribution in [0.3, 0.4) is 0 Å². The van der Waals surface area contributed by atoms with E-state index in [-0.39, 0.29) is 4.90 Å². The number of nitrogens with one attached hydrogen (secondary N) is 2. The third-order valence-electron chi connectivity index (χ3n) is 6.67. The highest BCUT2D eigenvalue weighted by atomic mass is 32.2. The number of piperidine rings is 1. The molecule has 1 aromatic carbocycles. The third-order valence-corrected chi connectivity index (χ3v) is 8.76. The van der Waals surface area contributed by atoms with Crippen molar-refractivity contribution in [3.8, 4) is 0 Å². The van der Waals surface area contributed by atoms with Crippen molar-refractivity contribution in [2.45, 2.75) is 68.8 Å². The summed E-state index contributed by atoms with van der Waals surface area (Å²) in [5.41, 5.74) is 1.78. The number of nitrogens with zero attached hydrogens (tertiary/aromatic N) is 3. The molecule has 2 aromatic rings. The number of sulfonamides is 1. The van der Waals surface area contributed by atoms with Crippen LogP contribution in [0.5, 0.6) is 0 Å². The van der Waals surface area contributed by atoms with Crippen LogP contribution in [-0.2, 0) is 10.0 Å². The Kier molecular flexibility index (Phi) is 5.05. The lowest BCUT2D eigenvalue weighted by atomic mass is 9.86. The number of aryl methyl sites for hydroxylation is 2. The molecule has 9 heteroatoms. The molecular formula is C22H29N5O3S. The first kappa shape index (κ1) is 20.5. The van der Waals surface area contributed by atoms with Crippen LogP contribution >= 0.6 is 0 Å². The van der Waals surface area contributed by atoms with Crippen LogP contribution in [0.4, 0.5) is 11.4 Å². The van der Waals surface area contributed by atoms with E-state index in [1.165, 1.54) is 12.8 Å². The van der Waals surface area contributed by atoms with E-state index in [1.807, 2.05) is 24.3 Å². The van der Waals surface area contributed by atoms with Crippen molar-refractivity contribution in [1.29, 1.82) is 0 Å². The van der Waals surface area contributed by atoms with Crippen LogP contribution in [-0.4, -0.2) is 48.4 Å². The Morgan fingerprint density at radius 2 is 1.90 bits per heavy atom. The number of fused-ring (bicyclic) bond motifs is 1. The molecule has 2 fully saturated rings. The predicted octanol–water partition coefficient (Wildman–Crippen LogP) is 3.69. The minimum absolute atomic E-state index is 0.183. The maximum atomic E-state index is 13.6. The summed E-state index contributed by atoms with van der Waals surface area (Å²) in [5, 5.41) is 11.1. The molecule has 1 atom stereocenters. The summed E-state index contributed by atoms with van der Waals surface area (Å²) in [6, 6.07) is 8.33. The van der Waals surface area contributed by atoms with Crippen molar-refractivity contribution in [3.05, 3.63) is 35.7 Å². The molecule has 3 aliphatic rings. The van der Waals surface area contributed by atoms with Gasteiger partial charge in [0.15, 0.2) is 5.76 Å². The molecule has 8 nitrogen and oxygen atoms in total. The highest BCUT2D eigenvalue weighted by molar-refractivity contribution is 7.89. The van der Waals surface area contributed by atoms with Crippen molar-refractivity contribution in [1.82, 2.24) is 9.46 Å². The summed E-state index contributed by atoms with van der Waals surface area (Å²) in [4.78, 5) is 5.30. The van der Waals surface area contributed by atoms with Gasteiger partial charge in [0.05, 0.1) is 17.4 Å². The van der Waals surface area contributed by atoms with Crippen LogP contribution in [0, 0.1) is 13.8 Å². The summed E-state index contributed by atoms with van der Waals surface area (Å²) in [5.74, 6) is 1.19. The van der Waals surface area contributed by atoms with Gasteiger partial charge in [-0.05, 0) is 51.7 Å². The van der Waals surface area contributed by atoms with Gasteiger partial charge in [-0.2, -0.15) is 4.31 Å². The second kappa shape index (κ2) is 7.63. The lowest BCUT2D eigenvalue weighted by Gasteiger charge is -2.47. The van der Waals surface area contributed by atoms with Gasteiger partial charge in [-0.15, -0.1) is 0 Å². The van der Waals surface area contributed by atoms with E-state index in [2.05, 4.69) is 15.8 Å². The van der Waals surface area contributed by atoms with Gasteiger partial charge in [0.1, 0.15) is 22.0 Å². The molecule has 1 saturated carbocycles. The van der Waals surface area contributed by atoms with E-state index in [1.54, 1.807) is 18.2 Å². The molecule has 1 aromatic heterocycles. The third kappa shape index (κ3) is 3.53. The molecule has 0 amide bonds. The minimum atomic E-state index is -3.73. The first-order chi connectivity index (χ1) is 14.9. The van der Waals surface area contributed by atoms with Crippen LogP contribution < -0.4 is 10.6 Å². The highest BCUT2D eigenvalue weighted by Crippen LogP contribution is 2.39. The molecule has 166 valence electrons. The standard InChI is InChI=1S/C22H29N5O3S/c1-15-20(16(2)30-26-15)31(28,29)27-13-7-12-22(14-27)21(23-17-8-3-4-9-17)24-18-10-5-6-11-19(18)25-22/h5-6,10-11,17,25H,3-4,7-9,12-14H2,1-2H3,(H,23,24). The minimum Gasteiger partial charge on any atom is -0.370 e. The van der Waals surface area contributed by atoms with Gasteiger partial charge >= 0.3 is 0 Å². The number of rotatable bonds is 3. The maximum absolute atomic E-state index is 13.6. The average Bonchev–Trinajstić information content (AvgIpc) is 3.38. The van der Waals surface area contributed by atoms with E-state index in [4.69, 9.17) is 9.52 Å². The number of hydrogen-bond acceptors (Lipinski definition) is 6. The van der Waals surface area contributed by atoms with E-state index < -0.39 is 15.6 Å². The number of amidine groups is 1. The highest BCUT2D eigenvalue weighted by Gasteiger charge is 2.47. The fourth-order valence-corrected chi connectivity index (χ4v) is 6.96. The van der Waals surface area contributed by atoms with Gasteiger partial charge in [0.2, 0.25) is 10.0 Å². The van der Waals surface area contributed by atoms with Gasteiger partial charge in [-0.25, -0.2) is 8.42 Å². The Morgan fingerprint density at radius 3 is 2.61 bits per heavy atom. The van der Waals surface area contributed by atoms with Crippen LogP contribution in [0.15, 0.2) is 38.7 Å². The smallest absolute Gasteiger partial charge is 0.248 e. The van der Waals surface area contributed by atoms with Gasteiger partial charge in [0, 0.05) is 13.1 Å². The number of anilines is 2. The van der Waals surface area contributed by atoms with Crippen molar-refractivity contribution in [3.63, 3.8) is 0 Å². The first-order valence-electron chi connectivity index (χ1n) is 11.0. The Labute approximate surface area is 183 Å². The number of benzene rings is 1. The second-order valence-electron chi connectivity index (χ2n) is 8.89. The molecule has 2 N–H and O–H groups in total. The molecule has 31 heavy (non-hydrogen) atoms. The molecule has 5 rings (SSSR count). The topological polar surface area (TPSA) is 99.8 Å². The fourth-order valence-electron chi connectivity index (χ4n) is 5.13. The van der Waals surface area contributed by atoms with E-state index >= 15 is 0 Å². The monoisotopic (exact) mass is 443 g/mol. The molecule has 1 saturated heterocycles. The summed E-state index contributed by atoms with van der Waals surface area (Å²) in [7, 11) is -3.73. The van der Waals surface area contributed by atoms with E-state index in [0.29, 0.717) is 30.6 Å². The molecule has 0 radical (unpaired) electrons. The Morgan fingerprint density at radius 1 is 1.16 bits per heavy atom. The van der Waals surface area contributed by atoms with Crippen molar-refractivity contribution >= 4 is 27.2 Å². The zero-order valence-electron chi connectivity index (χ0n) is 18.0. The maximum Gasteiger partial charge on any atom is 0.248 e. The van der Waals surface area contributed by atoms with E-state index in [9.17, 15) is 8.42 Å². The van der Waals surface area contributed by atoms with Crippen LogP contribution in [0.2, 0.25) is 0 Å². The lowest BCUT2D eigenvalue weighted by Crippen LogP contribution is -2.62. The number of aliphatic imine (C=N–C) groups is 1. The molecule has 2 aliphatic heterocycles. The SMILES string of the molecule is Cc1noc(C)c1S(=O)(=O)N1CCCC2(C1)Nc1ccccc1NC2=NC1CCCC1. The average molecular weight is 444 g/mol. The van der Waals surface area contributed by atoms with E-state index in [0.717, 1.165) is 42.9 Å². The number of aromatic nitrogens is 1. The van der Waals surface area contributed by atoms with Gasteiger partial charge in [0.25, 0.3) is 0 Å². The van der Waals surface area contributed by atoms with Crippen LogP contribution in [0.25, 0.3) is 0 Å². The predicted molar refractivity (Wildman–Crippen MR) is 120 cm³/mol. The fraction of sp³-hybridized carbons (Fsp3) is 0.545. The Bertz CT molecular complexity index is 1100.